The van der Waals surface area contributed by atoms with E-state index >= 15 is 0 Å². The average molecular weight is 221 g/mol. The second-order valence-corrected chi connectivity index (χ2v) is 4.06. The highest BCUT2D eigenvalue weighted by Crippen LogP contribution is 2.28. The number of nitrogens with zero attached hydrogens (tertiary/aromatic N) is 2. The quantitative estimate of drug-likeness (QED) is 0.829. The topological polar surface area (TPSA) is 47.0 Å². The lowest BCUT2D eigenvalue weighted by atomic mass is 9.96. The maximum Gasteiger partial charge on any atom is 0.222 e. The normalized spacial score (nSPS) is 15.6. The third-order valence-electron chi connectivity index (χ3n) is 2.93. The smallest absolute Gasteiger partial charge is 0.222 e. The van der Waals surface area contributed by atoms with Crippen molar-refractivity contribution in [3.8, 4) is 5.88 Å². The first-order valence-corrected chi connectivity index (χ1v) is 6.09. The summed E-state index contributed by atoms with van der Waals surface area (Å²) in [6.45, 7) is 5.04. The van der Waals surface area contributed by atoms with Crippen LogP contribution in [0.25, 0.3) is 0 Å². The number of hydrogen-bond acceptors (Lipinski definition) is 4. The maximum absolute atomic E-state index is 5.87. The van der Waals surface area contributed by atoms with E-state index in [9.17, 15) is 0 Å². The van der Waals surface area contributed by atoms with Crippen molar-refractivity contribution in [3.05, 3.63) is 11.9 Å². The fourth-order valence-electron chi connectivity index (χ4n) is 1.78. The Morgan fingerprint density at radius 1 is 1.38 bits per heavy atom. The summed E-state index contributed by atoms with van der Waals surface area (Å²) < 4.78 is 5.87. The zero-order valence-corrected chi connectivity index (χ0v) is 9.99. The van der Waals surface area contributed by atoms with E-state index in [1.165, 1.54) is 6.42 Å². The Hall–Kier alpha value is -1.32. The molecule has 0 unspecified atom stereocenters. The van der Waals surface area contributed by atoms with Gasteiger partial charge in [-0.25, -0.2) is 9.97 Å². The minimum Gasteiger partial charge on any atom is -0.474 e. The van der Waals surface area contributed by atoms with Crippen LogP contribution >= 0.6 is 0 Å². The Balaban J connectivity index is 2.17. The minimum atomic E-state index is 0.370. The average Bonchev–Trinajstić information content (AvgIpc) is 2.24. The van der Waals surface area contributed by atoms with Gasteiger partial charge in [-0.05, 0) is 32.6 Å². The van der Waals surface area contributed by atoms with Crippen LogP contribution in [-0.4, -0.2) is 22.6 Å². The Bertz CT molecular complexity index is 350. The van der Waals surface area contributed by atoms with Gasteiger partial charge in [-0.1, -0.05) is 6.92 Å². The molecule has 1 aliphatic rings. The molecule has 0 spiro atoms. The lowest BCUT2D eigenvalue weighted by Crippen LogP contribution is -2.25. The molecule has 88 valence electrons. The highest BCUT2D eigenvalue weighted by Gasteiger charge is 2.21. The van der Waals surface area contributed by atoms with Gasteiger partial charge in [0.05, 0.1) is 5.56 Å². The predicted molar refractivity (Wildman–Crippen MR) is 63.8 cm³/mol. The molecule has 1 N–H and O–H groups in total. The van der Waals surface area contributed by atoms with Crippen molar-refractivity contribution in [3.63, 3.8) is 0 Å². The lowest BCUT2D eigenvalue weighted by Gasteiger charge is -2.26. The zero-order chi connectivity index (χ0) is 11.4. The molecule has 1 aliphatic carbocycles. The molecular formula is C12H19N3O. The van der Waals surface area contributed by atoms with Crippen LogP contribution in [0.1, 0.15) is 38.7 Å². The molecule has 1 fully saturated rings. The van der Waals surface area contributed by atoms with E-state index in [0.717, 1.165) is 43.1 Å². The van der Waals surface area contributed by atoms with E-state index in [1.807, 2.05) is 0 Å². The molecule has 0 atom stereocenters. The van der Waals surface area contributed by atoms with Gasteiger partial charge in [-0.2, -0.15) is 0 Å². The molecule has 0 amide bonds. The summed E-state index contributed by atoms with van der Waals surface area (Å²) in [5.74, 6) is 1.67. The molecule has 1 saturated carbocycles. The van der Waals surface area contributed by atoms with Crippen LogP contribution in [0.5, 0.6) is 5.88 Å². The van der Waals surface area contributed by atoms with Gasteiger partial charge in [0.25, 0.3) is 0 Å². The first-order valence-electron chi connectivity index (χ1n) is 6.09. The van der Waals surface area contributed by atoms with Gasteiger partial charge in [0, 0.05) is 6.54 Å². The molecule has 16 heavy (non-hydrogen) atoms. The summed E-state index contributed by atoms with van der Waals surface area (Å²) in [6, 6.07) is 0. The number of aromatic nitrogens is 2. The number of ether oxygens (including phenoxy) is 1. The van der Waals surface area contributed by atoms with Gasteiger partial charge in [0.2, 0.25) is 5.88 Å². The van der Waals surface area contributed by atoms with Gasteiger partial charge in [-0.3, -0.25) is 0 Å². The van der Waals surface area contributed by atoms with E-state index in [2.05, 4.69) is 29.1 Å². The maximum atomic E-state index is 5.87. The molecule has 1 aromatic rings. The third kappa shape index (κ3) is 2.26. The molecule has 0 saturated heterocycles. The van der Waals surface area contributed by atoms with E-state index in [1.54, 1.807) is 6.33 Å². The summed E-state index contributed by atoms with van der Waals surface area (Å²) >= 11 is 0. The van der Waals surface area contributed by atoms with E-state index in [-0.39, 0.29) is 0 Å². The second kappa shape index (κ2) is 5.14. The molecule has 0 bridgehead atoms. The number of nitrogens with one attached hydrogen (secondary N) is 1. The van der Waals surface area contributed by atoms with E-state index in [4.69, 9.17) is 4.74 Å². The van der Waals surface area contributed by atoms with Crippen LogP contribution in [0.2, 0.25) is 0 Å². The highest BCUT2D eigenvalue weighted by atomic mass is 16.5. The molecule has 1 heterocycles. The highest BCUT2D eigenvalue weighted by molar-refractivity contribution is 5.48. The molecule has 4 nitrogen and oxygen atoms in total. The molecule has 0 aromatic carbocycles. The van der Waals surface area contributed by atoms with Gasteiger partial charge in [0.1, 0.15) is 18.2 Å². The van der Waals surface area contributed by atoms with Gasteiger partial charge >= 0.3 is 0 Å². The number of hydrogen-bond donors (Lipinski definition) is 1. The minimum absolute atomic E-state index is 0.370. The van der Waals surface area contributed by atoms with Crippen LogP contribution < -0.4 is 10.1 Å². The molecule has 2 rings (SSSR count). The lowest BCUT2D eigenvalue weighted by molar-refractivity contribution is 0.113. The zero-order valence-electron chi connectivity index (χ0n) is 9.99. The molecule has 0 radical (unpaired) electrons. The van der Waals surface area contributed by atoms with Crippen molar-refractivity contribution in [2.45, 2.75) is 45.6 Å². The monoisotopic (exact) mass is 221 g/mol. The summed E-state index contributed by atoms with van der Waals surface area (Å²) in [7, 11) is 0. The van der Waals surface area contributed by atoms with Crippen molar-refractivity contribution in [2.24, 2.45) is 0 Å². The SMILES string of the molecule is CCNc1ncnc(OC2CCC2)c1CC. The standard InChI is InChI=1S/C12H19N3O/c1-3-10-11(13-4-2)14-8-15-12(10)16-9-6-5-7-9/h8-9H,3-7H2,1-2H3,(H,13,14,15). The van der Waals surface area contributed by atoms with Crippen LogP contribution in [0, 0.1) is 0 Å². The Morgan fingerprint density at radius 2 is 2.19 bits per heavy atom. The Labute approximate surface area is 96.4 Å². The third-order valence-corrected chi connectivity index (χ3v) is 2.93. The number of rotatable bonds is 5. The Morgan fingerprint density at radius 3 is 2.75 bits per heavy atom. The molecular weight excluding hydrogens is 202 g/mol. The molecule has 0 aliphatic heterocycles. The summed E-state index contributed by atoms with van der Waals surface area (Å²) in [5.41, 5.74) is 1.09. The van der Waals surface area contributed by atoms with Crippen molar-refractivity contribution in [2.75, 3.05) is 11.9 Å². The first-order chi connectivity index (χ1) is 7.85. The van der Waals surface area contributed by atoms with Crippen LogP contribution in [0.3, 0.4) is 0 Å². The van der Waals surface area contributed by atoms with Crippen LogP contribution in [0.4, 0.5) is 5.82 Å². The fourth-order valence-corrected chi connectivity index (χ4v) is 1.78. The fraction of sp³-hybridized carbons (Fsp3) is 0.667. The van der Waals surface area contributed by atoms with E-state index in [0.29, 0.717) is 6.10 Å². The number of anilines is 1. The van der Waals surface area contributed by atoms with E-state index < -0.39 is 0 Å². The van der Waals surface area contributed by atoms with Crippen LogP contribution in [0.15, 0.2) is 6.33 Å². The molecule has 4 heteroatoms. The van der Waals surface area contributed by atoms with Gasteiger partial charge in [0.15, 0.2) is 0 Å². The van der Waals surface area contributed by atoms with Crippen molar-refractivity contribution < 1.29 is 4.74 Å². The summed E-state index contributed by atoms with van der Waals surface area (Å²) in [5, 5.41) is 3.25. The first kappa shape index (κ1) is 11.2. The largest absolute Gasteiger partial charge is 0.474 e. The van der Waals surface area contributed by atoms with Gasteiger partial charge in [-0.15, -0.1) is 0 Å². The van der Waals surface area contributed by atoms with Crippen LogP contribution in [-0.2, 0) is 6.42 Å². The molecule has 1 aromatic heterocycles. The Kier molecular flexibility index (Phi) is 3.59. The summed E-state index contributed by atoms with van der Waals surface area (Å²) in [6.07, 6.45) is 6.43. The van der Waals surface area contributed by atoms with Crippen molar-refractivity contribution in [1.82, 2.24) is 9.97 Å². The summed E-state index contributed by atoms with van der Waals surface area (Å²) in [4.78, 5) is 8.49. The second-order valence-electron chi connectivity index (χ2n) is 4.06. The predicted octanol–water partition coefficient (Wildman–Crippen LogP) is 2.40. The van der Waals surface area contributed by atoms with Crippen molar-refractivity contribution in [1.29, 1.82) is 0 Å². The van der Waals surface area contributed by atoms with Gasteiger partial charge < -0.3 is 10.1 Å². The van der Waals surface area contributed by atoms with Crippen molar-refractivity contribution >= 4 is 5.82 Å².